The van der Waals surface area contributed by atoms with E-state index in [1.807, 2.05) is 6.92 Å². The number of imidazole rings is 1. The van der Waals surface area contributed by atoms with Crippen molar-refractivity contribution >= 4 is 69.1 Å². The van der Waals surface area contributed by atoms with Crippen LogP contribution in [0.2, 0.25) is 0 Å². The van der Waals surface area contributed by atoms with Crippen molar-refractivity contribution in [2.24, 2.45) is 11.1 Å². The number of aliphatic hydroxyl groups is 2. The van der Waals surface area contributed by atoms with Crippen LogP contribution in [-0.4, -0.2) is 129 Å². The van der Waals surface area contributed by atoms with E-state index in [2.05, 4.69) is 34.4 Å². The fourth-order valence-electron chi connectivity index (χ4n) is 5.04. The van der Waals surface area contributed by atoms with Crippen molar-refractivity contribution in [1.29, 1.82) is 0 Å². The number of rotatable bonds is 23. The number of amides is 2. The number of hydrogen-bond donors (Lipinski definition) is 10. The Kier molecular flexibility index (Phi) is 17.5. The lowest BCUT2D eigenvalue weighted by atomic mass is 9.87. The number of phosphoric acid groups is 3. The zero-order valence-electron chi connectivity index (χ0n) is 30.4. The number of nitrogen functional groups attached to an aromatic ring is 1. The molecule has 3 rings (SSSR count). The number of carbonyl (C=O) groups is 3. The molecular formula is C27H47N8O17P3S. The normalized spacial score (nSPS) is 22.2. The molecule has 0 spiro atoms. The van der Waals surface area contributed by atoms with Gasteiger partial charge in [0.2, 0.25) is 11.8 Å². The van der Waals surface area contributed by atoms with Crippen molar-refractivity contribution in [2.75, 3.05) is 37.8 Å². The van der Waals surface area contributed by atoms with Crippen LogP contribution in [0, 0.1) is 5.41 Å². The van der Waals surface area contributed by atoms with Gasteiger partial charge in [-0.15, -0.1) is 0 Å². The fourth-order valence-corrected chi connectivity index (χ4v) is 8.63. The van der Waals surface area contributed by atoms with Gasteiger partial charge in [-0.1, -0.05) is 39.0 Å². The topological polar surface area (TPSA) is 390 Å². The van der Waals surface area contributed by atoms with Crippen molar-refractivity contribution in [3.63, 3.8) is 0 Å². The van der Waals surface area contributed by atoms with Gasteiger partial charge in [0.05, 0.1) is 19.5 Å². The number of hydrogen-bond acceptors (Lipinski definition) is 19. The van der Waals surface area contributed by atoms with Crippen LogP contribution in [0.1, 0.15) is 52.7 Å². The van der Waals surface area contributed by atoms with Gasteiger partial charge in [0.1, 0.15) is 36.3 Å². The Bertz CT molecular complexity index is 1820. The molecule has 29 heteroatoms. The van der Waals surface area contributed by atoms with Gasteiger partial charge in [0.15, 0.2) is 22.8 Å². The molecule has 318 valence electrons. The minimum atomic E-state index is -5.57. The molecular weight excluding hydrogens is 833 g/mol. The maximum atomic E-state index is 12.7. The van der Waals surface area contributed by atoms with E-state index in [1.165, 1.54) is 13.8 Å². The van der Waals surface area contributed by atoms with Crippen LogP contribution in [0.15, 0.2) is 12.7 Å². The smallest absolute Gasteiger partial charge is 0.386 e. The molecule has 0 bridgehead atoms. The second-order valence-corrected chi connectivity index (χ2v) is 18.4. The summed E-state index contributed by atoms with van der Waals surface area (Å²) in [5.41, 5.74) is 10.1. The number of nitrogens with two attached hydrogens (primary N) is 2. The van der Waals surface area contributed by atoms with Gasteiger partial charge in [-0.2, -0.15) is 4.31 Å². The third-order valence-corrected chi connectivity index (χ3v) is 11.8. The Morgan fingerprint density at radius 1 is 1.07 bits per heavy atom. The predicted octanol–water partition coefficient (Wildman–Crippen LogP) is -0.818. The van der Waals surface area contributed by atoms with E-state index in [0.29, 0.717) is 5.75 Å². The summed E-state index contributed by atoms with van der Waals surface area (Å²) in [4.78, 5) is 87.5. The summed E-state index contributed by atoms with van der Waals surface area (Å²) in [5.74, 6) is -1.15. The zero-order chi connectivity index (χ0) is 42.1. The standard InChI is InChI=1S/C27H47N8O17P3S/c1-4-5-15(28)10-18(37)56-9-8-30-17(36)6-7-31-25(40)22(39)27(2,3)12-49-55(46,47)52-54(44,45)48-11-16-21(51-53(41,42)43)20(38)26(50-16)35-14-34-19-23(29)32-13-33-24(19)35/h13-16,20-22,26,38-39H,4-12,28H2,1-3H3,(H,30,36)(H,31,40)(H,44,45)(H,46,47)(H2,29,32,33)(H2,41,42,43)/t15?,16-,20-,21-,22+,26-/m1/s1. The molecule has 1 aliphatic heterocycles. The van der Waals surface area contributed by atoms with E-state index in [4.69, 9.17) is 25.3 Å². The van der Waals surface area contributed by atoms with Gasteiger partial charge in [0.25, 0.3) is 0 Å². The third-order valence-electron chi connectivity index (χ3n) is 7.85. The highest BCUT2D eigenvalue weighted by atomic mass is 32.2. The Labute approximate surface area is 324 Å². The highest BCUT2D eigenvalue weighted by molar-refractivity contribution is 8.13. The minimum Gasteiger partial charge on any atom is -0.386 e. The van der Waals surface area contributed by atoms with Crippen LogP contribution in [-0.2, 0) is 50.7 Å². The van der Waals surface area contributed by atoms with E-state index in [1.54, 1.807) is 0 Å². The predicted molar refractivity (Wildman–Crippen MR) is 195 cm³/mol. The largest absolute Gasteiger partial charge is 0.481 e. The summed E-state index contributed by atoms with van der Waals surface area (Å²) < 4.78 is 62.1. The number of aliphatic hydroxyl groups excluding tert-OH is 2. The Balaban J connectivity index is 1.48. The van der Waals surface area contributed by atoms with Gasteiger partial charge >= 0.3 is 23.5 Å². The lowest BCUT2D eigenvalue weighted by Gasteiger charge is -2.30. The molecule has 1 saturated heterocycles. The minimum absolute atomic E-state index is 0.0291. The number of phosphoric ester groups is 3. The number of carbonyl (C=O) groups excluding carboxylic acids is 3. The number of nitrogens with one attached hydrogen (secondary N) is 2. The molecule has 1 fully saturated rings. The quantitative estimate of drug-likeness (QED) is 0.0481. The first-order valence-electron chi connectivity index (χ1n) is 16.8. The van der Waals surface area contributed by atoms with E-state index in [0.717, 1.165) is 41.8 Å². The van der Waals surface area contributed by atoms with E-state index < -0.39 is 84.6 Å². The first-order valence-corrected chi connectivity index (χ1v) is 22.3. The maximum absolute atomic E-state index is 12.7. The molecule has 25 nitrogen and oxygen atoms in total. The molecule has 8 atom stereocenters. The maximum Gasteiger partial charge on any atom is 0.481 e. The molecule has 0 aromatic carbocycles. The molecule has 0 radical (unpaired) electrons. The molecule has 3 heterocycles. The Morgan fingerprint density at radius 3 is 2.41 bits per heavy atom. The highest BCUT2D eigenvalue weighted by Gasteiger charge is 2.50. The summed E-state index contributed by atoms with van der Waals surface area (Å²) in [6.07, 6.45) is -5.11. The molecule has 2 aromatic rings. The average Bonchev–Trinajstić information content (AvgIpc) is 3.64. The summed E-state index contributed by atoms with van der Waals surface area (Å²) in [7, 11) is -16.4. The van der Waals surface area contributed by atoms with Crippen molar-refractivity contribution in [3.05, 3.63) is 12.7 Å². The van der Waals surface area contributed by atoms with E-state index in [-0.39, 0.29) is 54.1 Å². The fraction of sp³-hybridized carbons (Fsp3) is 0.704. The van der Waals surface area contributed by atoms with E-state index in [9.17, 15) is 57.9 Å². The van der Waals surface area contributed by atoms with Crippen molar-refractivity contribution in [1.82, 2.24) is 30.2 Å². The molecule has 2 aromatic heterocycles. The van der Waals surface area contributed by atoms with Gasteiger partial charge in [-0.05, 0) is 6.42 Å². The highest BCUT2D eigenvalue weighted by Crippen LogP contribution is 2.61. The van der Waals surface area contributed by atoms with Gasteiger partial charge < -0.3 is 56.6 Å². The summed E-state index contributed by atoms with van der Waals surface area (Å²) >= 11 is 1.04. The average molecular weight is 881 g/mol. The molecule has 12 N–H and O–H groups in total. The van der Waals surface area contributed by atoms with Crippen LogP contribution < -0.4 is 22.1 Å². The second-order valence-electron chi connectivity index (χ2n) is 13.0. The van der Waals surface area contributed by atoms with Crippen molar-refractivity contribution < 1.29 is 80.5 Å². The lowest BCUT2D eigenvalue weighted by Crippen LogP contribution is -2.46. The first kappa shape index (κ1) is 47.9. The third kappa shape index (κ3) is 14.7. The summed E-state index contributed by atoms with van der Waals surface area (Å²) in [6, 6.07) is -0.215. The molecule has 1 aliphatic rings. The molecule has 56 heavy (non-hydrogen) atoms. The van der Waals surface area contributed by atoms with Gasteiger partial charge in [0, 0.05) is 43.1 Å². The van der Waals surface area contributed by atoms with Crippen LogP contribution >= 0.6 is 35.2 Å². The summed E-state index contributed by atoms with van der Waals surface area (Å²) in [6.45, 7) is 2.42. The number of thioether (sulfide) groups is 1. The van der Waals surface area contributed by atoms with Crippen LogP contribution in [0.5, 0.6) is 0 Å². The lowest BCUT2D eigenvalue weighted by molar-refractivity contribution is -0.137. The number of fused-ring (bicyclic) bond motifs is 1. The Morgan fingerprint density at radius 2 is 1.75 bits per heavy atom. The van der Waals surface area contributed by atoms with Crippen LogP contribution in [0.3, 0.4) is 0 Å². The van der Waals surface area contributed by atoms with Gasteiger partial charge in [-0.3, -0.25) is 32.5 Å². The SMILES string of the molecule is CCCC(N)CC(=O)SCCNC(=O)CCNC(=O)[C@H](O)C(C)(C)COP(=O)(O)OP(=O)(O)OC[C@H]1O[C@@H](n2cnc3c(N)ncnc32)[C@H](O)[C@@H]1OP(=O)(O)O. The molecule has 3 unspecified atom stereocenters. The van der Waals surface area contributed by atoms with Crippen LogP contribution in [0.25, 0.3) is 11.2 Å². The zero-order valence-corrected chi connectivity index (χ0v) is 33.8. The number of nitrogens with zero attached hydrogens (tertiary/aromatic N) is 4. The second kappa shape index (κ2) is 20.5. The van der Waals surface area contributed by atoms with Crippen LogP contribution in [0.4, 0.5) is 5.82 Å². The molecule has 2 amide bonds. The first-order chi connectivity index (χ1) is 25.9. The molecule has 0 aliphatic carbocycles. The number of ether oxygens (including phenoxy) is 1. The van der Waals surface area contributed by atoms with E-state index >= 15 is 0 Å². The number of aromatic nitrogens is 4. The van der Waals surface area contributed by atoms with Crippen molar-refractivity contribution in [3.8, 4) is 0 Å². The number of anilines is 1. The van der Waals surface area contributed by atoms with Crippen molar-refractivity contribution in [2.45, 2.75) is 83.1 Å². The monoisotopic (exact) mass is 880 g/mol. The summed E-state index contributed by atoms with van der Waals surface area (Å²) in [5, 5.41) is 26.3. The molecule has 0 saturated carbocycles. The Hall–Kier alpha value is -2.48. The van der Waals surface area contributed by atoms with Gasteiger partial charge in [-0.25, -0.2) is 28.6 Å².